The fourth-order valence-corrected chi connectivity index (χ4v) is 4.34. The summed E-state index contributed by atoms with van der Waals surface area (Å²) in [5.74, 6) is -2.23. The Morgan fingerprint density at radius 3 is 2.72 bits per heavy atom. The van der Waals surface area contributed by atoms with Gasteiger partial charge in [0.25, 0.3) is 11.6 Å². The van der Waals surface area contributed by atoms with Gasteiger partial charge in [-0.25, -0.2) is 4.98 Å². The number of hydrogen-bond donors (Lipinski definition) is 3. The smallest absolute Gasteiger partial charge is 0.392 e. The first-order valence-corrected chi connectivity index (χ1v) is 9.59. The molecule has 3 N–H and O–H groups in total. The topological polar surface area (TPSA) is 96.2 Å². The average molecular weight is 410 g/mol. The quantitative estimate of drug-likeness (QED) is 0.706. The van der Waals surface area contributed by atoms with Crippen molar-refractivity contribution < 1.29 is 27.9 Å². The number of carbonyl (C=O) groups is 2. The summed E-state index contributed by atoms with van der Waals surface area (Å²) < 4.78 is 43.5. The number of amides is 2. The highest BCUT2D eigenvalue weighted by atomic mass is 19.4. The van der Waals surface area contributed by atoms with E-state index in [0.29, 0.717) is 22.5 Å². The number of halogens is 3. The van der Waals surface area contributed by atoms with Gasteiger partial charge >= 0.3 is 6.18 Å². The number of aliphatic hydroxyl groups excluding tert-OH is 1. The van der Waals surface area contributed by atoms with Crippen molar-refractivity contribution in [3.63, 3.8) is 0 Å². The van der Waals surface area contributed by atoms with Gasteiger partial charge in [-0.05, 0) is 18.4 Å². The molecule has 2 aliphatic rings. The lowest BCUT2D eigenvalue weighted by Gasteiger charge is -2.32. The monoisotopic (exact) mass is 410 g/mol. The molecule has 1 saturated carbocycles. The molecular formula is C19H21F3N4O3. The molecule has 1 unspecified atom stereocenters. The Morgan fingerprint density at radius 2 is 2.07 bits per heavy atom. The van der Waals surface area contributed by atoms with Crippen molar-refractivity contribution in [2.75, 3.05) is 5.32 Å². The van der Waals surface area contributed by atoms with Gasteiger partial charge in [-0.1, -0.05) is 37.8 Å². The molecule has 0 saturated heterocycles. The molecule has 156 valence electrons. The summed E-state index contributed by atoms with van der Waals surface area (Å²) in [6.45, 7) is -0.422. The number of imidazole rings is 1. The van der Waals surface area contributed by atoms with Crippen molar-refractivity contribution in [2.45, 2.75) is 57.0 Å². The molecule has 0 bridgehead atoms. The van der Waals surface area contributed by atoms with Crippen molar-refractivity contribution in [1.29, 1.82) is 0 Å². The number of alkyl halides is 3. The third-order valence-corrected chi connectivity index (χ3v) is 5.81. The molecular weight excluding hydrogens is 389 g/mol. The minimum atomic E-state index is -5.10. The molecule has 1 aliphatic carbocycles. The van der Waals surface area contributed by atoms with E-state index in [1.54, 1.807) is 0 Å². The first-order chi connectivity index (χ1) is 13.8. The normalized spacial score (nSPS) is 22.1. The van der Waals surface area contributed by atoms with Gasteiger partial charge in [0.2, 0.25) is 11.9 Å². The zero-order valence-electron chi connectivity index (χ0n) is 15.6. The van der Waals surface area contributed by atoms with E-state index in [-0.39, 0.29) is 23.4 Å². The predicted molar refractivity (Wildman–Crippen MR) is 97.6 cm³/mol. The highest BCUT2D eigenvalue weighted by molar-refractivity contribution is 6.05. The van der Waals surface area contributed by atoms with E-state index in [1.807, 2.05) is 5.32 Å². The number of benzene rings is 1. The zero-order chi connectivity index (χ0) is 20.8. The van der Waals surface area contributed by atoms with Crippen LogP contribution in [-0.4, -0.2) is 32.6 Å². The van der Waals surface area contributed by atoms with Crippen molar-refractivity contribution in [3.05, 3.63) is 23.8 Å². The molecule has 1 atom stereocenters. The zero-order valence-corrected chi connectivity index (χ0v) is 15.6. The fraction of sp³-hybridized carbons (Fsp3) is 0.526. The number of nitrogens with zero attached hydrogens (tertiary/aromatic N) is 2. The van der Waals surface area contributed by atoms with E-state index >= 15 is 0 Å². The first kappa shape index (κ1) is 19.7. The molecule has 2 amide bonds. The number of rotatable bonds is 5. The van der Waals surface area contributed by atoms with Crippen molar-refractivity contribution in [2.24, 2.45) is 5.92 Å². The fourth-order valence-electron chi connectivity index (χ4n) is 4.34. The Balaban J connectivity index is 1.73. The Hall–Kier alpha value is -2.62. The van der Waals surface area contributed by atoms with Crippen molar-refractivity contribution in [3.8, 4) is 0 Å². The maximum Gasteiger partial charge on any atom is 0.440 e. The number of para-hydroxylation sites is 1. The van der Waals surface area contributed by atoms with Crippen LogP contribution in [0, 0.1) is 5.92 Å². The van der Waals surface area contributed by atoms with Crippen LogP contribution < -0.4 is 10.6 Å². The minimum absolute atomic E-state index is 0.00156. The van der Waals surface area contributed by atoms with E-state index in [4.69, 9.17) is 0 Å². The van der Waals surface area contributed by atoms with Gasteiger partial charge in [-0.3, -0.25) is 19.5 Å². The maximum atomic E-state index is 14.3. The summed E-state index contributed by atoms with van der Waals surface area (Å²) in [5.41, 5.74) is -2.82. The van der Waals surface area contributed by atoms with E-state index in [9.17, 15) is 27.9 Å². The first-order valence-electron chi connectivity index (χ1n) is 9.59. The number of aromatic nitrogens is 2. The molecule has 7 nitrogen and oxygen atoms in total. The lowest BCUT2D eigenvalue weighted by molar-refractivity contribution is -0.217. The Kier molecular flexibility index (Phi) is 4.76. The van der Waals surface area contributed by atoms with Gasteiger partial charge in [0.1, 0.15) is 0 Å². The summed E-state index contributed by atoms with van der Waals surface area (Å²) in [4.78, 5) is 29.0. The number of aliphatic hydroxyl groups is 1. The lowest BCUT2D eigenvalue weighted by atomic mass is 10.0. The second kappa shape index (κ2) is 7.01. The van der Waals surface area contributed by atoms with Crippen LogP contribution in [-0.2, 0) is 21.9 Å². The van der Waals surface area contributed by atoms with Crippen LogP contribution in [0.15, 0.2) is 18.2 Å². The third-order valence-electron chi connectivity index (χ3n) is 5.81. The number of hydrogen-bond acceptors (Lipinski definition) is 4. The van der Waals surface area contributed by atoms with Crippen LogP contribution >= 0.6 is 0 Å². The number of carbonyl (C=O) groups excluding carboxylic acids is 2. The van der Waals surface area contributed by atoms with Gasteiger partial charge in [-0.2, -0.15) is 13.2 Å². The number of nitrogens with one attached hydrogen (secondary N) is 2. The van der Waals surface area contributed by atoms with E-state index in [1.165, 1.54) is 18.2 Å². The molecule has 2 aromatic rings. The van der Waals surface area contributed by atoms with Gasteiger partial charge in [-0.15, -0.1) is 0 Å². The molecule has 0 spiro atoms. The maximum absolute atomic E-state index is 14.3. The second-order valence-electron chi connectivity index (χ2n) is 7.61. The summed E-state index contributed by atoms with van der Waals surface area (Å²) in [6, 6.07) is 4.37. The standard InChI is InChI=1S/C19H21F3N4O3/c20-19(21,22)18(25-14(28)9-8-11-4-1-2-5-11)16(29)24-17-23-15-12(10-27)6-3-7-13(15)26(17)18/h3,6-7,11,27H,1-2,4-5,8-10H2,(H,25,28)(H,23,24,29). The van der Waals surface area contributed by atoms with Crippen LogP contribution in [0.1, 0.15) is 44.1 Å². The van der Waals surface area contributed by atoms with Crippen LogP contribution in [0.3, 0.4) is 0 Å². The van der Waals surface area contributed by atoms with E-state index in [2.05, 4.69) is 10.3 Å². The summed E-state index contributed by atoms with van der Waals surface area (Å²) in [7, 11) is 0. The van der Waals surface area contributed by atoms with Crippen molar-refractivity contribution in [1.82, 2.24) is 14.9 Å². The number of fused-ring (bicyclic) bond motifs is 3. The molecule has 29 heavy (non-hydrogen) atoms. The summed E-state index contributed by atoms with van der Waals surface area (Å²) in [5, 5.41) is 13.6. The van der Waals surface area contributed by atoms with E-state index in [0.717, 1.165) is 25.7 Å². The Morgan fingerprint density at radius 1 is 1.34 bits per heavy atom. The highest BCUT2D eigenvalue weighted by Crippen LogP contribution is 2.44. The second-order valence-corrected chi connectivity index (χ2v) is 7.61. The molecule has 0 radical (unpaired) electrons. The minimum Gasteiger partial charge on any atom is -0.392 e. The molecule has 1 aromatic carbocycles. The summed E-state index contributed by atoms with van der Waals surface area (Å²) >= 11 is 0. The van der Waals surface area contributed by atoms with Gasteiger partial charge in [0.15, 0.2) is 0 Å². The Labute approximate surface area is 164 Å². The SMILES string of the molecule is O=C(CCC1CCCC1)NC1(C(F)(F)F)C(=O)Nc2nc3c(CO)cccc3n21. The van der Waals surface area contributed by atoms with E-state index < -0.39 is 30.3 Å². The molecule has 4 rings (SSSR count). The summed E-state index contributed by atoms with van der Waals surface area (Å²) in [6.07, 6.45) is -0.615. The molecule has 1 fully saturated rings. The molecule has 1 aliphatic heterocycles. The van der Waals surface area contributed by atoms with Crippen LogP contribution in [0.4, 0.5) is 19.1 Å². The van der Waals surface area contributed by atoms with Gasteiger partial charge in [0.05, 0.1) is 17.6 Å². The van der Waals surface area contributed by atoms with Crippen LogP contribution in [0.2, 0.25) is 0 Å². The number of anilines is 1. The van der Waals surface area contributed by atoms with Gasteiger partial charge in [0, 0.05) is 12.0 Å². The van der Waals surface area contributed by atoms with Crippen LogP contribution in [0.5, 0.6) is 0 Å². The van der Waals surface area contributed by atoms with Gasteiger partial charge < -0.3 is 10.4 Å². The van der Waals surface area contributed by atoms with Crippen LogP contribution in [0.25, 0.3) is 11.0 Å². The Bertz CT molecular complexity index is 965. The molecule has 1 aromatic heterocycles. The largest absolute Gasteiger partial charge is 0.440 e. The average Bonchev–Trinajstić information content (AvgIpc) is 3.36. The lowest BCUT2D eigenvalue weighted by Crippen LogP contribution is -2.63. The van der Waals surface area contributed by atoms with Crippen molar-refractivity contribution >= 4 is 28.8 Å². The highest BCUT2D eigenvalue weighted by Gasteiger charge is 2.67. The predicted octanol–water partition coefficient (Wildman–Crippen LogP) is 2.78. The molecule has 2 heterocycles. The molecule has 10 heteroatoms. The third kappa shape index (κ3) is 3.06.